The van der Waals surface area contributed by atoms with Crippen LogP contribution in [0.4, 0.5) is 13.6 Å². The minimum absolute atomic E-state index is 0.109. The molecule has 138 valence electrons. The zero-order chi connectivity index (χ0) is 17.9. The maximum Gasteiger partial charge on any atom is 0.317 e. The fraction of sp³-hybridized carbons (Fsp3) is 0.611. The van der Waals surface area contributed by atoms with E-state index >= 15 is 0 Å². The SMILES string of the molecule is O=C(NC1CCN(Cc2ccccc2Cl)CC1)N1CCC(F)(F)CC1. The molecule has 3 rings (SSSR count). The van der Waals surface area contributed by atoms with Crippen LogP contribution in [0.5, 0.6) is 0 Å². The van der Waals surface area contributed by atoms with Gasteiger partial charge in [-0.05, 0) is 24.5 Å². The fourth-order valence-corrected chi connectivity index (χ4v) is 3.60. The number of hydrogen-bond donors (Lipinski definition) is 1. The summed E-state index contributed by atoms with van der Waals surface area (Å²) in [6, 6.07) is 7.73. The molecule has 1 N–H and O–H groups in total. The van der Waals surface area contributed by atoms with Crippen LogP contribution in [0.2, 0.25) is 5.02 Å². The van der Waals surface area contributed by atoms with E-state index in [9.17, 15) is 13.6 Å². The van der Waals surface area contributed by atoms with Crippen molar-refractivity contribution in [2.45, 2.75) is 44.2 Å². The highest BCUT2D eigenvalue weighted by Crippen LogP contribution is 2.27. The zero-order valence-corrected chi connectivity index (χ0v) is 14.9. The number of rotatable bonds is 3. The number of amides is 2. The number of urea groups is 1. The van der Waals surface area contributed by atoms with Crippen LogP contribution in [0.3, 0.4) is 0 Å². The summed E-state index contributed by atoms with van der Waals surface area (Å²) < 4.78 is 26.4. The summed E-state index contributed by atoms with van der Waals surface area (Å²) in [5, 5.41) is 3.78. The van der Waals surface area contributed by atoms with Crippen molar-refractivity contribution in [3.8, 4) is 0 Å². The highest BCUT2D eigenvalue weighted by molar-refractivity contribution is 6.31. The van der Waals surface area contributed by atoms with Gasteiger partial charge in [-0.25, -0.2) is 13.6 Å². The fourth-order valence-electron chi connectivity index (χ4n) is 3.41. The maximum atomic E-state index is 13.2. The summed E-state index contributed by atoms with van der Waals surface area (Å²) >= 11 is 6.20. The van der Waals surface area contributed by atoms with Crippen molar-refractivity contribution in [3.05, 3.63) is 34.9 Å². The number of nitrogens with one attached hydrogen (secondary N) is 1. The summed E-state index contributed by atoms with van der Waals surface area (Å²) in [6.07, 6.45) is 1.24. The van der Waals surface area contributed by atoms with Crippen molar-refractivity contribution >= 4 is 17.6 Å². The zero-order valence-electron chi connectivity index (χ0n) is 14.2. The molecule has 0 aromatic heterocycles. The standard InChI is InChI=1S/C18H24ClF2N3O/c19-16-4-2-1-3-14(16)13-23-9-5-15(6-10-23)22-17(25)24-11-7-18(20,21)8-12-24/h1-4,15H,5-13H2,(H,22,25). The van der Waals surface area contributed by atoms with E-state index in [1.54, 1.807) is 0 Å². The molecule has 0 bridgehead atoms. The summed E-state index contributed by atoms with van der Waals surface area (Å²) in [5.74, 6) is -2.62. The van der Waals surface area contributed by atoms with Gasteiger partial charge < -0.3 is 10.2 Å². The largest absolute Gasteiger partial charge is 0.335 e. The Morgan fingerprint density at radius 3 is 2.44 bits per heavy atom. The first kappa shape index (κ1) is 18.4. The smallest absolute Gasteiger partial charge is 0.317 e. The lowest BCUT2D eigenvalue weighted by molar-refractivity contribution is -0.0471. The molecule has 2 amide bonds. The Bertz CT molecular complexity index is 596. The van der Waals surface area contributed by atoms with Gasteiger partial charge in [-0.1, -0.05) is 29.8 Å². The van der Waals surface area contributed by atoms with Gasteiger partial charge in [0.05, 0.1) is 0 Å². The van der Waals surface area contributed by atoms with Gasteiger partial charge in [-0.3, -0.25) is 4.90 Å². The molecule has 0 atom stereocenters. The molecule has 1 aromatic rings. The first-order chi connectivity index (χ1) is 11.9. The number of hydrogen-bond acceptors (Lipinski definition) is 2. The quantitative estimate of drug-likeness (QED) is 0.878. The number of alkyl halides is 2. The van der Waals surface area contributed by atoms with E-state index in [-0.39, 0.29) is 38.0 Å². The minimum atomic E-state index is -2.62. The highest BCUT2D eigenvalue weighted by atomic mass is 35.5. The molecule has 1 aromatic carbocycles. The Hall–Kier alpha value is -1.40. The van der Waals surface area contributed by atoms with E-state index in [4.69, 9.17) is 11.6 Å². The number of nitrogens with zero attached hydrogens (tertiary/aromatic N) is 2. The molecule has 2 aliphatic rings. The van der Waals surface area contributed by atoms with Crippen molar-refractivity contribution in [1.29, 1.82) is 0 Å². The third-order valence-electron chi connectivity index (χ3n) is 5.05. The number of halogens is 3. The third-order valence-corrected chi connectivity index (χ3v) is 5.42. The maximum absolute atomic E-state index is 13.2. The number of carbonyl (C=O) groups excluding carboxylic acids is 1. The first-order valence-corrected chi connectivity index (χ1v) is 9.20. The van der Waals surface area contributed by atoms with Crippen LogP contribution in [0.1, 0.15) is 31.2 Å². The highest BCUT2D eigenvalue weighted by Gasteiger charge is 2.36. The topological polar surface area (TPSA) is 35.6 Å². The Balaban J connectivity index is 1.42. The second-order valence-corrected chi connectivity index (χ2v) is 7.34. The second-order valence-electron chi connectivity index (χ2n) is 6.93. The van der Waals surface area contributed by atoms with Gasteiger partial charge in [-0.15, -0.1) is 0 Å². The van der Waals surface area contributed by atoms with E-state index < -0.39 is 5.92 Å². The van der Waals surface area contributed by atoms with E-state index in [1.807, 2.05) is 24.3 Å². The van der Waals surface area contributed by atoms with Crippen LogP contribution < -0.4 is 5.32 Å². The van der Waals surface area contributed by atoms with Crippen LogP contribution in [0.15, 0.2) is 24.3 Å². The molecule has 0 unspecified atom stereocenters. The van der Waals surface area contributed by atoms with Gasteiger partial charge in [0.15, 0.2) is 0 Å². The average Bonchev–Trinajstić information content (AvgIpc) is 2.58. The summed E-state index contributed by atoms with van der Waals surface area (Å²) in [6.45, 7) is 2.83. The molecular formula is C18H24ClF2N3O. The number of benzene rings is 1. The lowest BCUT2D eigenvalue weighted by atomic mass is 10.0. The molecule has 2 heterocycles. The lowest BCUT2D eigenvalue weighted by Crippen LogP contribution is -2.52. The average molecular weight is 372 g/mol. The van der Waals surface area contributed by atoms with Crippen LogP contribution in [0.25, 0.3) is 0 Å². The van der Waals surface area contributed by atoms with Gasteiger partial charge in [0.1, 0.15) is 0 Å². The Labute approximate surface area is 152 Å². The predicted octanol–water partition coefficient (Wildman–Crippen LogP) is 3.75. The van der Waals surface area contributed by atoms with Gasteiger partial charge >= 0.3 is 6.03 Å². The predicted molar refractivity (Wildman–Crippen MR) is 94.0 cm³/mol. The molecule has 2 aliphatic heterocycles. The normalized spacial score (nSPS) is 22.0. The second kappa shape index (κ2) is 7.87. The monoisotopic (exact) mass is 371 g/mol. The molecule has 0 saturated carbocycles. The minimum Gasteiger partial charge on any atom is -0.335 e. The van der Waals surface area contributed by atoms with Crippen molar-refractivity contribution in [3.63, 3.8) is 0 Å². The van der Waals surface area contributed by atoms with Gasteiger partial charge in [0.25, 0.3) is 5.92 Å². The van der Waals surface area contributed by atoms with Gasteiger partial charge in [-0.2, -0.15) is 0 Å². The molecular weight excluding hydrogens is 348 g/mol. The van der Waals surface area contributed by atoms with Crippen LogP contribution in [-0.4, -0.2) is 54.0 Å². The Morgan fingerprint density at radius 1 is 1.16 bits per heavy atom. The summed E-state index contributed by atoms with van der Waals surface area (Å²) in [5.41, 5.74) is 1.11. The van der Waals surface area contributed by atoms with Crippen LogP contribution >= 0.6 is 11.6 Å². The molecule has 0 aliphatic carbocycles. The number of carbonyl (C=O) groups is 1. The van der Waals surface area contributed by atoms with Gasteiger partial charge in [0, 0.05) is 56.6 Å². The lowest BCUT2D eigenvalue weighted by Gasteiger charge is -2.36. The Morgan fingerprint density at radius 2 is 1.80 bits per heavy atom. The molecule has 25 heavy (non-hydrogen) atoms. The Kier molecular flexibility index (Phi) is 5.79. The van der Waals surface area contributed by atoms with Crippen LogP contribution in [-0.2, 0) is 6.54 Å². The van der Waals surface area contributed by atoms with Crippen LogP contribution in [0, 0.1) is 0 Å². The first-order valence-electron chi connectivity index (χ1n) is 8.82. The molecule has 4 nitrogen and oxygen atoms in total. The summed E-state index contributed by atoms with van der Waals surface area (Å²) in [4.78, 5) is 16.1. The van der Waals surface area contributed by atoms with E-state index in [0.717, 1.165) is 43.1 Å². The number of likely N-dealkylation sites (tertiary alicyclic amines) is 2. The molecule has 0 spiro atoms. The molecule has 2 fully saturated rings. The van der Waals surface area contributed by atoms with Crippen molar-refractivity contribution in [1.82, 2.24) is 15.1 Å². The number of piperidine rings is 2. The third kappa shape index (κ3) is 5.05. The molecule has 0 radical (unpaired) electrons. The summed E-state index contributed by atoms with van der Waals surface area (Å²) in [7, 11) is 0. The van der Waals surface area contributed by atoms with E-state index in [2.05, 4.69) is 10.2 Å². The van der Waals surface area contributed by atoms with E-state index in [1.165, 1.54) is 4.90 Å². The van der Waals surface area contributed by atoms with Crippen molar-refractivity contribution in [2.75, 3.05) is 26.2 Å². The molecule has 2 saturated heterocycles. The van der Waals surface area contributed by atoms with Crippen molar-refractivity contribution in [2.24, 2.45) is 0 Å². The van der Waals surface area contributed by atoms with Crippen molar-refractivity contribution < 1.29 is 13.6 Å². The van der Waals surface area contributed by atoms with Gasteiger partial charge in [0.2, 0.25) is 0 Å². The molecule has 7 heteroatoms. The van der Waals surface area contributed by atoms with E-state index in [0.29, 0.717) is 0 Å².